The second-order valence-electron chi connectivity index (χ2n) is 7.53. The highest BCUT2D eigenvalue weighted by Gasteiger charge is 2.28. The van der Waals surface area contributed by atoms with Crippen molar-refractivity contribution in [2.24, 2.45) is 11.5 Å². The molecule has 0 radical (unpaired) electrons. The van der Waals surface area contributed by atoms with Gasteiger partial charge in [0, 0.05) is 6.54 Å². The van der Waals surface area contributed by atoms with Crippen molar-refractivity contribution in [3.63, 3.8) is 0 Å². The largest absolute Gasteiger partial charge is 0.480 e. The molecule has 0 saturated heterocycles. The van der Waals surface area contributed by atoms with Gasteiger partial charge in [-0.1, -0.05) is 6.07 Å². The van der Waals surface area contributed by atoms with Gasteiger partial charge in [-0.3, -0.25) is 10.2 Å². The lowest BCUT2D eigenvalue weighted by molar-refractivity contribution is -0.138. The van der Waals surface area contributed by atoms with Crippen molar-refractivity contribution in [2.75, 3.05) is 6.54 Å². The molecule has 1 aromatic rings. The predicted molar refractivity (Wildman–Crippen MR) is 107 cm³/mol. The molecule has 1 unspecified atom stereocenters. The summed E-state index contributed by atoms with van der Waals surface area (Å²) in [7, 11) is -4.25. The molecule has 0 fully saturated rings. The number of rotatable bonds is 8. The maximum Gasteiger partial charge on any atom is 0.338 e. The summed E-state index contributed by atoms with van der Waals surface area (Å²) in [6, 6.07) is 2.80. The first kappa shape index (κ1) is 24.4. The summed E-state index contributed by atoms with van der Waals surface area (Å²) < 4.78 is 31.9. The van der Waals surface area contributed by atoms with Crippen LogP contribution in [-0.2, 0) is 19.6 Å². The average Bonchev–Trinajstić information content (AvgIpc) is 2.56. The summed E-state index contributed by atoms with van der Waals surface area (Å²) in [5.41, 5.74) is 10.7. The number of benzene rings is 1. The Balaban J connectivity index is 3.18. The number of guanidine groups is 1. The molecule has 162 valence electrons. The van der Waals surface area contributed by atoms with Gasteiger partial charge in [0.05, 0.1) is 10.5 Å². The van der Waals surface area contributed by atoms with Gasteiger partial charge in [-0.05, 0) is 58.2 Å². The normalized spacial score (nSPS) is 12.9. The van der Waals surface area contributed by atoms with Gasteiger partial charge >= 0.3 is 11.9 Å². The highest BCUT2D eigenvalue weighted by molar-refractivity contribution is 7.89. The Hall–Kier alpha value is -2.66. The minimum absolute atomic E-state index is 0.00564. The van der Waals surface area contributed by atoms with Crippen LogP contribution in [0, 0.1) is 12.3 Å². The number of hydrogen-bond acceptors (Lipinski definition) is 7. The summed E-state index contributed by atoms with van der Waals surface area (Å²) in [5, 5.41) is 16.4. The monoisotopic (exact) mass is 428 g/mol. The summed E-state index contributed by atoms with van der Waals surface area (Å²) >= 11 is 0. The summed E-state index contributed by atoms with van der Waals surface area (Å²) in [5.74, 6) is -2.61. The molecule has 10 nitrogen and oxygen atoms in total. The van der Waals surface area contributed by atoms with Crippen LogP contribution >= 0.6 is 0 Å². The van der Waals surface area contributed by atoms with E-state index in [1.807, 2.05) is 0 Å². The fourth-order valence-corrected chi connectivity index (χ4v) is 3.78. The zero-order valence-electron chi connectivity index (χ0n) is 16.9. The van der Waals surface area contributed by atoms with E-state index in [9.17, 15) is 18.0 Å². The molecule has 0 aromatic heterocycles. The van der Waals surface area contributed by atoms with Gasteiger partial charge in [0.1, 0.15) is 11.6 Å². The number of hydrogen-bond donors (Lipinski definition) is 4. The fraction of sp³-hybridized carbons (Fsp3) is 0.500. The number of carboxylic acid groups (broad SMARTS) is 1. The van der Waals surface area contributed by atoms with E-state index in [0.717, 1.165) is 0 Å². The van der Waals surface area contributed by atoms with Crippen LogP contribution < -0.4 is 11.5 Å². The third-order valence-electron chi connectivity index (χ3n) is 3.88. The number of carbonyl (C=O) groups excluding carboxylic acids is 1. The molecule has 1 atom stereocenters. The van der Waals surface area contributed by atoms with E-state index in [1.54, 1.807) is 27.7 Å². The van der Waals surface area contributed by atoms with Crippen molar-refractivity contribution in [1.82, 2.24) is 4.31 Å². The zero-order chi connectivity index (χ0) is 22.6. The minimum atomic E-state index is -4.25. The molecule has 0 saturated carbocycles. The Morgan fingerprint density at radius 3 is 2.38 bits per heavy atom. The Bertz CT molecular complexity index is 892. The van der Waals surface area contributed by atoms with Crippen molar-refractivity contribution in [3.05, 3.63) is 29.3 Å². The molecule has 0 aliphatic heterocycles. The van der Waals surface area contributed by atoms with Crippen molar-refractivity contribution < 1.29 is 27.9 Å². The first-order valence-electron chi connectivity index (χ1n) is 8.86. The number of sulfonamides is 1. The molecule has 0 spiro atoms. The van der Waals surface area contributed by atoms with Gasteiger partial charge in [-0.2, -0.15) is 0 Å². The van der Waals surface area contributed by atoms with Crippen LogP contribution in [0.25, 0.3) is 0 Å². The van der Waals surface area contributed by atoms with Gasteiger partial charge in [-0.25, -0.2) is 17.5 Å². The molecule has 0 heterocycles. The van der Waals surface area contributed by atoms with E-state index >= 15 is 0 Å². The molecule has 11 heteroatoms. The smallest absolute Gasteiger partial charge is 0.338 e. The molecule has 1 aromatic carbocycles. The first-order chi connectivity index (χ1) is 13.2. The lowest BCUT2D eigenvalue weighted by Gasteiger charge is -2.24. The maximum absolute atomic E-state index is 13.0. The maximum atomic E-state index is 13.0. The van der Waals surface area contributed by atoms with Gasteiger partial charge in [0.2, 0.25) is 5.96 Å². The third-order valence-corrected chi connectivity index (χ3v) is 5.69. The molecular weight excluding hydrogens is 400 g/mol. The quantitative estimate of drug-likeness (QED) is 0.269. The number of carboxylic acids is 1. The number of carbonyl (C=O) groups is 2. The van der Waals surface area contributed by atoms with Crippen molar-refractivity contribution in [3.8, 4) is 0 Å². The van der Waals surface area contributed by atoms with Gasteiger partial charge in [0.25, 0.3) is 10.0 Å². The van der Waals surface area contributed by atoms with Gasteiger partial charge in [-0.15, -0.1) is 0 Å². The standard InChI is InChI=1S/C18H28N4O6S/c1-11-7-8-12(10-13(11)16(25)28-18(2,3)4)29(26,27)22(17(20)21)9-5-6-14(19)15(23)24/h7-8,10,14H,5-6,9,19H2,1-4H3,(H3,20,21)(H,23,24). The molecule has 6 N–H and O–H groups in total. The number of nitrogens with zero attached hydrogens (tertiary/aromatic N) is 1. The summed E-state index contributed by atoms with van der Waals surface area (Å²) in [6.07, 6.45) is 0.0861. The van der Waals surface area contributed by atoms with E-state index in [-0.39, 0.29) is 29.8 Å². The van der Waals surface area contributed by atoms with Crippen LogP contribution in [0.15, 0.2) is 23.1 Å². The minimum Gasteiger partial charge on any atom is -0.480 e. The zero-order valence-corrected chi connectivity index (χ0v) is 17.7. The number of esters is 1. The number of nitrogens with two attached hydrogens (primary N) is 2. The molecule has 1 rings (SSSR count). The average molecular weight is 429 g/mol. The first-order valence-corrected chi connectivity index (χ1v) is 10.3. The van der Waals surface area contributed by atoms with Crippen molar-refractivity contribution >= 4 is 27.9 Å². The predicted octanol–water partition coefficient (Wildman–Crippen LogP) is 1.03. The molecule has 0 amide bonds. The number of aryl methyl sites for hydroxylation is 1. The van der Waals surface area contributed by atoms with E-state index < -0.39 is 39.6 Å². The molecule has 0 aliphatic carbocycles. The Kier molecular flexibility index (Phi) is 7.75. The summed E-state index contributed by atoms with van der Waals surface area (Å²) in [4.78, 5) is 23.0. The van der Waals surface area contributed by atoms with Crippen LogP contribution in [-0.4, -0.2) is 53.9 Å². The van der Waals surface area contributed by atoms with E-state index in [4.69, 9.17) is 26.7 Å². The lowest BCUT2D eigenvalue weighted by atomic mass is 10.1. The molecule has 0 aliphatic rings. The van der Waals surface area contributed by atoms with E-state index in [0.29, 0.717) is 9.87 Å². The summed E-state index contributed by atoms with van der Waals surface area (Å²) in [6.45, 7) is 6.50. The van der Waals surface area contributed by atoms with E-state index in [1.165, 1.54) is 18.2 Å². The van der Waals surface area contributed by atoms with E-state index in [2.05, 4.69) is 0 Å². The van der Waals surface area contributed by atoms with Crippen molar-refractivity contribution in [2.45, 2.75) is 57.1 Å². The molecular formula is C18H28N4O6S. The fourth-order valence-electron chi connectivity index (χ4n) is 2.39. The SMILES string of the molecule is Cc1ccc(S(=O)(=O)N(CCCC(N)C(=O)O)C(=N)N)cc1C(=O)OC(C)(C)C. The number of ether oxygens (including phenoxy) is 1. The van der Waals surface area contributed by atoms with Crippen LogP contribution in [0.3, 0.4) is 0 Å². The van der Waals surface area contributed by atoms with Gasteiger partial charge in [0.15, 0.2) is 0 Å². The molecule has 0 bridgehead atoms. The Morgan fingerprint density at radius 1 is 1.31 bits per heavy atom. The third kappa shape index (κ3) is 6.71. The second-order valence-corrected chi connectivity index (χ2v) is 9.39. The van der Waals surface area contributed by atoms with Gasteiger partial charge < -0.3 is 21.3 Å². The van der Waals surface area contributed by atoms with Crippen LogP contribution in [0.1, 0.15) is 49.5 Å². The number of aliphatic carboxylic acids is 1. The second kappa shape index (κ2) is 9.23. The Morgan fingerprint density at radius 2 is 1.90 bits per heavy atom. The Labute approximate surface area is 170 Å². The van der Waals surface area contributed by atoms with Crippen LogP contribution in [0.2, 0.25) is 0 Å². The lowest BCUT2D eigenvalue weighted by Crippen LogP contribution is -2.42. The molecule has 29 heavy (non-hydrogen) atoms. The highest BCUT2D eigenvalue weighted by atomic mass is 32.2. The van der Waals surface area contributed by atoms with Crippen LogP contribution in [0.5, 0.6) is 0 Å². The topological polar surface area (TPSA) is 177 Å². The highest BCUT2D eigenvalue weighted by Crippen LogP contribution is 2.22. The van der Waals surface area contributed by atoms with Crippen molar-refractivity contribution in [1.29, 1.82) is 5.41 Å². The van der Waals surface area contributed by atoms with Crippen LogP contribution in [0.4, 0.5) is 0 Å². The number of nitrogens with one attached hydrogen (secondary N) is 1.